The third-order valence-electron chi connectivity index (χ3n) is 3.42. The van der Waals surface area contributed by atoms with Gasteiger partial charge in [-0.1, -0.05) is 17.7 Å². The Labute approximate surface area is 154 Å². The average molecular weight is 381 g/mol. The first-order valence-corrected chi connectivity index (χ1v) is 8.68. The lowest BCUT2D eigenvalue weighted by molar-refractivity contribution is 0.0925. The number of benzene rings is 1. The van der Waals surface area contributed by atoms with Gasteiger partial charge in [-0.3, -0.25) is 14.9 Å². The summed E-state index contributed by atoms with van der Waals surface area (Å²) in [5.74, 6) is -1.02. The first kappa shape index (κ1) is 19.0. The highest BCUT2D eigenvalue weighted by molar-refractivity contribution is 7.16. The standard InChI is InChI=1S/C17H17ClN2O4S/c1-4-24-17(23)20-15(22)13-9(2)10(3)25-16(13)19-14(21)11-6-5-7-12(18)8-11/h5-8H,4H2,1-3H3,(H,19,21)(H,20,22,23). The molecule has 0 aliphatic heterocycles. The molecule has 132 valence electrons. The van der Waals surface area contributed by atoms with Gasteiger partial charge < -0.3 is 10.1 Å². The molecule has 0 fully saturated rings. The van der Waals surface area contributed by atoms with Gasteiger partial charge in [-0.25, -0.2) is 4.79 Å². The molecule has 1 aromatic carbocycles. The summed E-state index contributed by atoms with van der Waals surface area (Å²) >= 11 is 7.16. The van der Waals surface area contributed by atoms with E-state index in [1.807, 2.05) is 6.92 Å². The van der Waals surface area contributed by atoms with E-state index in [2.05, 4.69) is 10.6 Å². The number of imide groups is 1. The van der Waals surface area contributed by atoms with Gasteiger partial charge in [0.05, 0.1) is 12.2 Å². The van der Waals surface area contributed by atoms with Crippen LogP contribution in [-0.4, -0.2) is 24.5 Å². The van der Waals surface area contributed by atoms with Crippen molar-refractivity contribution >= 4 is 45.8 Å². The van der Waals surface area contributed by atoms with Crippen LogP contribution in [0.15, 0.2) is 24.3 Å². The zero-order valence-electron chi connectivity index (χ0n) is 13.9. The van der Waals surface area contributed by atoms with Crippen LogP contribution in [0, 0.1) is 13.8 Å². The topological polar surface area (TPSA) is 84.5 Å². The van der Waals surface area contributed by atoms with Crippen LogP contribution in [-0.2, 0) is 4.74 Å². The van der Waals surface area contributed by atoms with Crippen LogP contribution in [0.25, 0.3) is 0 Å². The number of amides is 3. The van der Waals surface area contributed by atoms with Crippen molar-refractivity contribution in [3.05, 3.63) is 50.9 Å². The maximum Gasteiger partial charge on any atom is 0.414 e. The third kappa shape index (κ3) is 4.58. The van der Waals surface area contributed by atoms with Gasteiger partial charge in [0.1, 0.15) is 5.00 Å². The number of alkyl carbamates (subject to hydrolysis) is 1. The quantitative estimate of drug-likeness (QED) is 0.834. The number of anilines is 1. The Morgan fingerprint density at radius 1 is 1.20 bits per heavy atom. The second-order valence-electron chi connectivity index (χ2n) is 5.13. The number of carbonyl (C=O) groups excluding carboxylic acids is 3. The summed E-state index contributed by atoms with van der Waals surface area (Å²) in [5, 5.41) is 5.66. The maximum atomic E-state index is 12.4. The Morgan fingerprint density at radius 3 is 2.56 bits per heavy atom. The van der Waals surface area contributed by atoms with Gasteiger partial charge in [0.2, 0.25) is 0 Å². The Kier molecular flexibility index (Phi) is 6.17. The molecule has 2 N–H and O–H groups in total. The average Bonchev–Trinajstić information content (AvgIpc) is 2.81. The lowest BCUT2D eigenvalue weighted by Gasteiger charge is -2.08. The molecule has 1 heterocycles. The second kappa shape index (κ2) is 8.13. The monoisotopic (exact) mass is 380 g/mol. The van der Waals surface area contributed by atoms with Crippen molar-refractivity contribution in [2.75, 3.05) is 11.9 Å². The summed E-state index contributed by atoms with van der Waals surface area (Å²) in [6.07, 6.45) is -0.831. The van der Waals surface area contributed by atoms with Crippen molar-refractivity contribution in [3.63, 3.8) is 0 Å². The highest BCUT2D eigenvalue weighted by atomic mass is 35.5. The fourth-order valence-corrected chi connectivity index (χ4v) is 3.36. The van der Waals surface area contributed by atoms with Gasteiger partial charge in [-0.2, -0.15) is 0 Å². The summed E-state index contributed by atoms with van der Waals surface area (Å²) in [6.45, 7) is 5.37. The molecule has 0 spiro atoms. The highest BCUT2D eigenvalue weighted by Crippen LogP contribution is 2.32. The molecule has 25 heavy (non-hydrogen) atoms. The summed E-state index contributed by atoms with van der Waals surface area (Å²) in [7, 11) is 0. The number of ether oxygens (including phenoxy) is 1. The molecule has 8 heteroatoms. The molecule has 0 unspecified atom stereocenters. The van der Waals surface area contributed by atoms with E-state index < -0.39 is 17.9 Å². The van der Waals surface area contributed by atoms with Crippen LogP contribution in [0.5, 0.6) is 0 Å². The molecular weight excluding hydrogens is 364 g/mol. The van der Waals surface area contributed by atoms with Crippen molar-refractivity contribution in [2.24, 2.45) is 0 Å². The zero-order chi connectivity index (χ0) is 18.6. The van der Waals surface area contributed by atoms with Crippen molar-refractivity contribution in [1.29, 1.82) is 0 Å². The second-order valence-corrected chi connectivity index (χ2v) is 6.79. The fourth-order valence-electron chi connectivity index (χ4n) is 2.12. The molecule has 0 aliphatic rings. The van der Waals surface area contributed by atoms with Crippen LogP contribution in [0.1, 0.15) is 38.1 Å². The van der Waals surface area contributed by atoms with Gasteiger partial charge in [0.15, 0.2) is 0 Å². The van der Waals surface area contributed by atoms with Gasteiger partial charge in [0, 0.05) is 15.5 Å². The summed E-state index contributed by atoms with van der Waals surface area (Å²) in [5.41, 5.74) is 1.30. The van der Waals surface area contributed by atoms with E-state index in [0.29, 0.717) is 21.2 Å². The molecule has 0 saturated heterocycles. The molecule has 0 radical (unpaired) electrons. The molecule has 0 saturated carbocycles. The SMILES string of the molecule is CCOC(=O)NC(=O)c1c(NC(=O)c2cccc(Cl)c2)sc(C)c1C. The van der Waals surface area contributed by atoms with Crippen LogP contribution in [0.3, 0.4) is 0 Å². The number of nitrogens with one attached hydrogen (secondary N) is 2. The zero-order valence-corrected chi connectivity index (χ0v) is 15.5. The van der Waals surface area contributed by atoms with Gasteiger partial charge in [0.25, 0.3) is 11.8 Å². The lowest BCUT2D eigenvalue weighted by Crippen LogP contribution is -2.31. The van der Waals surface area contributed by atoms with Crippen molar-refractivity contribution in [3.8, 4) is 0 Å². The van der Waals surface area contributed by atoms with Gasteiger partial charge in [-0.15, -0.1) is 11.3 Å². The Balaban J connectivity index is 2.27. The number of hydrogen-bond donors (Lipinski definition) is 2. The lowest BCUT2D eigenvalue weighted by atomic mass is 10.1. The Morgan fingerprint density at radius 2 is 1.92 bits per heavy atom. The van der Waals surface area contributed by atoms with Gasteiger partial charge in [-0.05, 0) is 44.5 Å². The largest absolute Gasteiger partial charge is 0.450 e. The normalized spacial score (nSPS) is 10.2. The highest BCUT2D eigenvalue weighted by Gasteiger charge is 2.23. The number of rotatable bonds is 4. The smallest absolute Gasteiger partial charge is 0.414 e. The van der Waals surface area contributed by atoms with E-state index >= 15 is 0 Å². The minimum Gasteiger partial charge on any atom is -0.450 e. The maximum absolute atomic E-state index is 12.4. The van der Waals surface area contributed by atoms with E-state index in [0.717, 1.165) is 4.88 Å². The molecular formula is C17H17ClN2O4S. The first-order chi connectivity index (χ1) is 11.8. The number of carbonyl (C=O) groups is 3. The number of hydrogen-bond acceptors (Lipinski definition) is 5. The molecule has 0 aliphatic carbocycles. The Bertz CT molecular complexity index is 832. The van der Waals surface area contributed by atoms with E-state index in [1.165, 1.54) is 17.4 Å². The number of aryl methyl sites for hydroxylation is 1. The van der Waals surface area contributed by atoms with E-state index in [4.69, 9.17) is 16.3 Å². The van der Waals surface area contributed by atoms with E-state index in [9.17, 15) is 14.4 Å². The van der Waals surface area contributed by atoms with E-state index in [-0.39, 0.29) is 12.2 Å². The Hall–Kier alpha value is -2.38. The molecule has 0 atom stereocenters. The van der Waals surface area contributed by atoms with Crippen molar-refractivity contribution in [2.45, 2.75) is 20.8 Å². The van der Waals surface area contributed by atoms with Crippen LogP contribution < -0.4 is 10.6 Å². The minimum atomic E-state index is -0.831. The van der Waals surface area contributed by atoms with Crippen LogP contribution in [0.4, 0.5) is 9.80 Å². The number of thiophene rings is 1. The summed E-state index contributed by atoms with van der Waals surface area (Å²) in [6, 6.07) is 6.47. The molecule has 6 nitrogen and oxygen atoms in total. The summed E-state index contributed by atoms with van der Waals surface area (Å²) in [4.78, 5) is 37.1. The first-order valence-electron chi connectivity index (χ1n) is 7.48. The fraction of sp³-hybridized carbons (Fsp3) is 0.235. The molecule has 1 aromatic heterocycles. The summed E-state index contributed by atoms with van der Waals surface area (Å²) < 4.78 is 4.71. The van der Waals surface area contributed by atoms with E-state index in [1.54, 1.807) is 32.0 Å². The van der Waals surface area contributed by atoms with Crippen molar-refractivity contribution in [1.82, 2.24) is 5.32 Å². The third-order valence-corrected chi connectivity index (χ3v) is 4.78. The van der Waals surface area contributed by atoms with Crippen LogP contribution in [0.2, 0.25) is 5.02 Å². The predicted octanol–water partition coefficient (Wildman–Crippen LogP) is 4.16. The minimum absolute atomic E-state index is 0.152. The van der Waals surface area contributed by atoms with Gasteiger partial charge >= 0.3 is 6.09 Å². The molecule has 2 aromatic rings. The number of halogens is 1. The van der Waals surface area contributed by atoms with Crippen molar-refractivity contribution < 1.29 is 19.1 Å². The molecule has 2 rings (SSSR count). The molecule has 0 bridgehead atoms. The molecule has 3 amide bonds. The predicted molar refractivity (Wildman–Crippen MR) is 97.7 cm³/mol. The van der Waals surface area contributed by atoms with Crippen LogP contribution >= 0.6 is 22.9 Å².